The van der Waals surface area contributed by atoms with Crippen molar-refractivity contribution in [1.29, 1.82) is 0 Å². The first-order chi connectivity index (χ1) is 10.0. The van der Waals surface area contributed by atoms with Gasteiger partial charge in [-0.3, -0.25) is 4.79 Å². The van der Waals surface area contributed by atoms with E-state index in [-0.39, 0.29) is 5.75 Å². The summed E-state index contributed by atoms with van der Waals surface area (Å²) in [7, 11) is 1.58. The summed E-state index contributed by atoms with van der Waals surface area (Å²) >= 11 is 7.34. The van der Waals surface area contributed by atoms with Crippen LogP contribution < -0.4 is 4.74 Å². The highest BCUT2D eigenvalue weighted by molar-refractivity contribution is 7.99. The quantitative estimate of drug-likeness (QED) is 0.821. The molecule has 2 rings (SSSR count). The van der Waals surface area contributed by atoms with Gasteiger partial charge in [0, 0.05) is 10.6 Å². The number of nitrogens with zero attached hydrogens (tertiary/aromatic N) is 3. The molecule has 112 valence electrons. The highest BCUT2D eigenvalue weighted by atomic mass is 35.5. The molecule has 0 aliphatic heterocycles. The van der Waals surface area contributed by atoms with E-state index in [0.717, 1.165) is 17.3 Å². The van der Waals surface area contributed by atoms with E-state index < -0.39 is 5.97 Å². The minimum atomic E-state index is -0.900. The fourth-order valence-electron chi connectivity index (χ4n) is 1.82. The molecule has 0 saturated carbocycles. The van der Waals surface area contributed by atoms with Crippen LogP contribution in [0.25, 0.3) is 0 Å². The Bertz CT molecular complexity index is 660. The minimum Gasteiger partial charge on any atom is -0.496 e. The summed E-state index contributed by atoms with van der Waals surface area (Å²) < 4.78 is 7.13. The maximum absolute atomic E-state index is 10.7. The molecule has 0 fully saturated rings. The van der Waals surface area contributed by atoms with Crippen LogP contribution in [0.1, 0.15) is 11.4 Å². The van der Waals surface area contributed by atoms with Crippen LogP contribution in [0.2, 0.25) is 5.02 Å². The molecule has 0 saturated heterocycles. The number of thioether (sulfide) groups is 1. The highest BCUT2D eigenvalue weighted by Gasteiger charge is 2.15. The molecule has 2 aromatic rings. The van der Waals surface area contributed by atoms with Gasteiger partial charge in [-0.15, -0.1) is 10.2 Å². The molecule has 1 heterocycles. The topological polar surface area (TPSA) is 77.2 Å². The van der Waals surface area contributed by atoms with E-state index in [2.05, 4.69) is 10.2 Å². The number of rotatable bonds is 6. The molecule has 8 heteroatoms. The molecule has 0 spiro atoms. The molecule has 6 nitrogen and oxygen atoms in total. The van der Waals surface area contributed by atoms with Gasteiger partial charge in [0.25, 0.3) is 0 Å². The number of carboxylic acids is 1. The molecule has 0 radical (unpaired) electrons. The summed E-state index contributed by atoms with van der Waals surface area (Å²) in [6.45, 7) is 2.23. The van der Waals surface area contributed by atoms with Crippen LogP contribution in [0.5, 0.6) is 5.75 Å². The second-order valence-electron chi connectivity index (χ2n) is 4.22. The van der Waals surface area contributed by atoms with Gasteiger partial charge >= 0.3 is 5.97 Å². The molecule has 0 atom stereocenters. The zero-order valence-corrected chi connectivity index (χ0v) is 13.1. The Hall–Kier alpha value is -1.73. The average Bonchev–Trinajstić information content (AvgIpc) is 2.79. The summed E-state index contributed by atoms with van der Waals surface area (Å²) in [5.74, 6) is 0.384. The van der Waals surface area contributed by atoms with Crippen LogP contribution in [-0.4, -0.2) is 38.7 Å². The standard InChI is InChI=1S/C13H14ClN3O3S/c1-8-15-16-13(21-7-12(18)19)17(8)6-9-10(14)4-3-5-11(9)20-2/h3-5H,6-7H2,1-2H3,(H,18,19). The predicted octanol–water partition coefficient (Wildman–Crippen LogP) is 2.47. The number of hydrogen-bond donors (Lipinski definition) is 1. The Morgan fingerprint density at radius 2 is 2.24 bits per heavy atom. The van der Waals surface area contributed by atoms with Crippen molar-refractivity contribution in [2.45, 2.75) is 18.6 Å². The average molecular weight is 328 g/mol. The Labute approximate surface area is 131 Å². The Morgan fingerprint density at radius 3 is 2.90 bits per heavy atom. The van der Waals surface area contributed by atoms with Crippen LogP contribution in [0, 0.1) is 6.92 Å². The number of ether oxygens (including phenoxy) is 1. The molecule has 21 heavy (non-hydrogen) atoms. The first-order valence-corrected chi connectivity index (χ1v) is 7.45. The van der Waals surface area contributed by atoms with E-state index >= 15 is 0 Å². The van der Waals surface area contributed by atoms with Gasteiger partial charge in [0.2, 0.25) is 0 Å². The van der Waals surface area contributed by atoms with Crippen LogP contribution in [0.4, 0.5) is 0 Å². The molecule has 0 bridgehead atoms. The van der Waals surface area contributed by atoms with Gasteiger partial charge < -0.3 is 14.4 Å². The smallest absolute Gasteiger partial charge is 0.313 e. The first-order valence-electron chi connectivity index (χ1n) is 6.08. The van der Waals surface area contributed by atoms with Crippen LogP contribution in [0.3, 0.4) is 0 Å². The lowest BCUT2D eigenvalue weighted by Gasteiger charge is -2.13. The largest absolute Gasteiger partial charge is 0.496 e. The van der Waals surface area contributed by atoms with Crippen molar-refractivity contribution in [3.05, 3.63) is 34.6 Å². The molecular weight excluding hydrogens is 314 g/mol. The van der Waals surface area contributed by atoms with Gasteiger partial charge in [-0.05, 0) is 19.1 Å². The van der Waals surface area contributed by atoms with Crippen molar-refractivity contribution in [3.63, 3.8) is 0 Å². The van der Waals surface area contributed by atoms with Crippen LogP contribution in [-0.2, 0) is 11.3 Å². The summed E-state index contributed by atoms with van der Waals surface area (Å²) in [5.41, 5.74) is 0.807. The number of benzene rings is 1. The normalized spacial score (nSPS) is 10.6. The molecule has 0 aliphatic carbocycles. The van der Waals surface area contributed by atoms with Crippen molar-refractivity contribution < 1.29 is 14.6 Å². The van der Waals surface area contributed by atoms with Crippen molar-refractivity contribution >= 4 is 29.3 Å². The van der Waals surface area contributed by atoms with Gasteiger partial charge in [0.15, 0.2) is 5.16 Å². The molecule has 1 aromatic carbocycles. The lowest BCUT2D eigenvalue weighted by molar-refractivity contribution is -0.133. The lowest BCUT2D eigenvalue weighted by atomic mass is 10.2. The minimum absolute atomic E-state index is 0.0716. The van der Waals surface area contributed by atoms with Gasteiger partial charge in [0.1, 0.15) is 11.6 Å². The van der Waals surface area contributed by atoms with E-state index in [9.17, 15) is 4.79 Å². The summed E-state index contributed by atoms with van der Waals surface area (Å²) in [4.78, 5) is 10.7. The number of hydrogen-bond acceptors (Lipinski definition) is 5. The number of aromatic nitrogens is 3. The van der Waals surface area contributed by atoms with Crippen LogP contribution in [0.15, 0.2) is 23.4 Å². The van der Waals surface area contributed by atoms with E-state index in [1.54, 1.807) is 20.1 Å². The Balaban J connectivity index is 2.31. The molecule has 1 aromatic heterocycles. The van der Waals surface area contributed by atoms with Crippen molar-refractivity contribution in [2.75, 3.05) is 12.9 Å². The second kappa shape index (κ2) is 6.82. The SMILES string of the molecule is COc1cccc(Cl)c1Cn1c(C)nnc1SCC(=O)O. The van der Waals surface area contributed by atoms with E-state index in [1.807, 2.05) is 16.7 Å². The number of aliphatic carboxylic acids is 1. The Kier molecular flexibility index (Phi) is 5.08. The number of carboxylic acid groups (broad SMARTS) is 1. The summed E-state index contributed by atoms with van der Waals surface area (Å²) in [6, 6.07) is 5.41. The van der Waals surface area contributed by atoms with E-state index in [4.69, 9.17) is 21.4 Å². The summed E-state index contributed by atoms with van der Waals surface area (Å²) in [5, 5.41) is 17.9. The predicted molar refractivity (Wildman–Crippen MR) is 80.2 cm³/mol. The first kappa shape index (κ1) is 15.7. The second-order valence-corrected chi connectivity index (χ2v) is 5.57. The zero-order chi connectivity index (χ0) is 15.4. The fourth-order valence-corrected chi connectivity index (χ4v) is 2.75. The lowest BCUT2D eigenvalue weighted by Crippen LogP contribution is -2.07. The third-order valence-electron chi connectivity index (χ3n) is 2.84. The van der Waals surface area contributed by atoms with Crippen molar-refractivity contribution in [1.82, 2.24) is 14.8 Å². The maximum atomic E-state index is 10.7. The maximum Gasteiger partial charge on any atom is 0.313 e. The molecule has 0 amide bonds. The van der Waals surface area contributed by atoms with Gasteiger partial charge in [-0.2, -0.15) is 0 Å². The number of methoxy groups -OCH3 is 1. The number of aryl methyl sites for hydroxylation is 1. The number of carbonyl (C=O) groups is 1. The van der Waals surface area contributed by atoms with Gasteiger partial charge in [0.05, 0.1) is 19.4 Å². The van der Waals surface area contributed by atoms with E-state index in [0.29, 0.717) is 28.3 Å². The zero-order valence-electron chi connectivity index (χ0n) is 11.5. The third kappa shape index (κ3) is 3.68. The molecule has 1 N–H and O–H groups in total. The number of halogens is 1. The third-order valence-corrected chi connectivity index (χ3v) is 4.14. The van der Waals surface area contributed by atoms with E-state index in [1.165, 1.54) is 0 Å². The molecular formula is C13H14ClN3O3S. The highest BCUT2D eigenvalue weighted by Crippen LogP contribution is 2.29. The molecule has 0 unspecified atom stereocenters. The fraction of sp³-hybridized carbons (Fsp3) is 0.308. The van der Waals surface area contributed by atoms with Gasteiger partial charge in [-0.25, -0.2) is 0 Å². The molecule has 0 aliphatic rings. The monoisotopic (exact) mass is 327 g/mol. The summed E-state index contributed by atoms with van der Waals surface area (Å²) in [6.07, 6.45) is 0. The van der Waals surface area contributed by atoms with Crippen molar-refractivity contribution in [3.8, 4) is 5.75 Å². The van der Waals surface area contributed by atoms with Crippen LogP contribution >= 0.6 is 23.4 Å². The Morgan fingerprint density at radius 1 is 1.48 bits per heavy atom. The van der Waals surface area contributed by atoms with Gasteiger partial charge in [-0.1, -0.05) is 29.4 Å². The van der Waals surface area contributed by atoms with Crippen molar-refractivity contribution in [2.24, 2.45) is 0 Å².